The van der Waals surface area contributed by atoms with Gasteiger partial charge in [-0.25, -0.2) is 0 Å². The molecule has 1 unspecified atom stereocenters. The fourth-order valence-electron chi connectivity index (χ4n) is 2.05. The highest BCUT2D eigenvalue weighted by atomic mass is 79.9. The molecule has 1 atom stereocenters. The summed E-state index contributed by atoms with van der Waals surface area (Å²) < 4.78 is 1.14. The highest BCUT2D eigenvalue weighted by Gasteiger charge is 2.21. The van der Waals surface area contributed by atoms with E-state index in [2.05, 4.69) is 57.4 Å². The van der Waals surface area contributed by atoms with Crippen LogP contribution in [0.1, 0.15) is 31.7 Å². The van der Waals surface area contributed by atoms with Crippen LogP contribution in [0.3, 0.4) is 0 Å². The molecular weight excluding hydrogens is 302 g/mol. The smallest absolute Gasteiger partial charge is 0.188 e. The number of nitrogens with one attached hydrogen (secondary N) is 1. The number of hydrogen-bond acceptors (Lipinski definition) is 1. The summed E-state index contributed by atoms with van der Waals surface area (Å²) in [6, 6.07) is 9.06. The summed E-state index contributed by atoms with van der Waals surface area (Å²) >= 11 is 3.51. The van der Waals surface area contributed by atoms with Crippen molar-refractivity contribution in [2.24, 2.45) is 16.6 Å². The summed E-state index contributed by atoms with van der Waals surface area (Å²) in [5.41, 5.74) is 7.22. The Morgan fingerprint density at radius 1 is 1.53 bits per heavy atom. The maximum Gasteiger partial charge on any atom is 0.188 e. The van der Waals surface area contributed by atoms with Gasteiger partial charge in [0.05, 0.1) is 0 Å². The molecule has 3 nitrogen and oxygen atoms in total. The maximum absolute atomic E-state index is 5.87. The molecule has 0 amide bonds. The van der Waals surface area contributed by atoms with Crippen LogP contribution in [0.15, 0.2) is 33.7 Å². The van der Waals surface area contributed by atoms with Crippen molar-refractivity contribution in [3.63, 3.8) is 0 Å². The molecule has 0 heterocycles. The van der Waals surface area contributed by atoms with E-state index in [9.17, 15) is 0 Å². The Kier molecular flexibility index (Phi) is 5.25. The van der Waals surface area contributed by atoms with Crippen molar-refractivity contribution in [2.45, 2.75) is 38.6 Å². The Labute approximate surface area is 123 Å². The van der Waals surface area contributed by atoms with Crippen molar-refractivity contribution in [3.05, 3.63) is 34.3 Å². The summed E-state index contributed by atoms with van der Waals surface area (Å²) in [4.78, 5) is 4.47. The third-order valence-electron chi connectivity index (χ3n) is 3.44. The molecule has 1 aromatic rings. The second-order valence-corrected chi connectivity index (χ2v) is 6.17. The predicted octanol–water partition coefficient (Wildman–Crippen LogP) is 3.08. The van der Waals surface area contributed by atoms with Gasteiger partial charge < -0.3 is 11.1 Å². The summed E-state index contributed by atoms with van der Waals surface area (Å²) in [5.74, 6) is 1.16. The highest BCUT2D eigenvalue weighted by molar-refractivity contribution is 9.10. The second-order valence-electron chi connectivity index (χ2n) is 5.25. The SMILES string of the molecule is CCC(CN=C(N)NC1CC1)Cc1cccc(Br)c1. The molecule has 3 N–H and O–H groups in total. The number of benzene rings is 1. The van der Waals surface area contributed by atoms with Gasteiger partial charge in [-0.1, -0.05) is 41.4 Å². The van der Waals surface area contributed by atoms with E-state index in [1.165, 1.54) is 18.4 Å². The van der Waals surface area contributed by atoms with Gasteiger partial charge in [0.2, 0.25) is 0 Å². The number of nitrogens with two attached hydrogens (primary N) is 1. The molecule has 2 rings (SSSR count). The van der Waals surface area contributed by atoms with E-state index in [0.29, 0.717) is 17.9 Å². The van der Waals surface area contributed by atoms with E-state index >= 15 is 0 Å². The molecule has 1 aromatic carbocycles. The van der Waals surface area contributed by atoms with Gasteiger partial charge >= 0.3 is 0 Å². The van der Waals surface area contributed by atoms with Gasteiger partial charge in [0.25, 0.3) is 0 Å². The number of aliphatic imine (C=N–C) groups is 1. The zero-order valence-electron chi connectivity index (χ0n) is 11.4. The van der Waals surface area contributed by atoms with E-state index in [0.717, 1.165) is 23.9 Å². The lowest BCUT2D eigenvalue weighted by Gasteiger charge is -2.13. The van der Waals surface area contributed by atoms with Crippen LogP contribution < -0.4 is 11.1 Å². The van der Waals surface area contributed by atoms with Gasteiger partial charge in [0, 0.05) is 17.1 Å². The largest absolute Gasteiger partial charge is 0.370 e. The monoisotopic (exact) mass is 323 g/mol. The van der Waals surface area contributed by atoms with Crippen molar-refractivity contribution in [2.75, 3.05) is 6.54 Å². The second kappa shape index (κ2) is 6.94. The summed E-state index contributed by atoms with van der Waals surface area (Å²) in [5, 5.41) is 3.23. The van der Waals surface area contributed by atoms with Crippen LogP contribution in [0.5, 0.6) is 0 Å². The lowest BCUT2D eigenvalue weighted by atomic mass is 9.97. The minimum atomic E-state index is 0.550. The maximum atomic E-state index is 5.87. The Hall–Kier alpha value is -1.03. The molecule has 0 spiro atoms. The first-order valence-corrected chi connectivity index (χ1v) is 7.77. The number of rotatable bonds is 6. The minimum absolute atomic E-state index is 0.550. The average Bonchev–Trinajstić information content (AvgIpc) is 3.18. The molecule has 0 saturated heterocycles. The van der Waals surface area contributed by atoms with Gasteiger partial charge in [0.15, 0.2) is 5.96 Å². The summed E-state index contributed by atoms with van der Waals surface area (Å²) in [6.45, 7) is 3.01. The molecule has 0 aromatic heterocycles. The highest BCUT2D eigenvalue weighted by Crippen LogP contribution is 2.19. The molecule has 4 heteroatoms. The van der Waals surface area contributed by atoms with Crippen LogP contribution in [-0.4, -0.2) is 18.5 Å². The van der Waals surface area contributed by atoms with Crippen LogP contribution >= 0.6 is 15.9 Å². The van der Waals surface area contributed by atoms with Crippen molar-refractivity contribution < 1.29 is 0 Å². The Morgan fingerprint density at radius 2 is 2.32 bits per heavy atom. The van der Waals surface area contributed by atoms with Crippen LogP contribution in [0.2, 0.25) is 0 Å². The van der Waals surface area contributed by atoms with Crippen LogP contribution in [-0.2, 0) is 6.42 Å². The third-order valence-corrected chi connectivity index (χ3v) is 3.93. The number of guanidine groups is 1. The molecular formula is C15H22BrN3. The molecule has 0 radical (unpaired) electrons. The lowest BCUT2D eigenvalue weighted by molar-refractivity contribution is 0.518. The predicted molar refractivity (Wildman–Crippen MR) is 84.3 cm³/mol. The standard InChI is InChI=1S/C15H22BrN3/c1-2-11(8-12-4-3-5-13(16)9-12)10-18-15(17)19-14-6-7-14/h3-5,9,11,14H,2,6-8,10H2,1H3,(H3,17,18,19). The third kappa shape index (κ3) is 5.23. The fourth-order valence-corrected chi connectivity index (χ4v) is 2.49. The fraction of sp³-hybridized carbons (Fsp3) is 0.533. The van der Waals surface area contributed by atoms with Gasteiger partial charge in [-0.3, -0.25) is 4.99 Å². The number of hydrogen-bond donors (Lipinski definition) is 2. The molecule has 1 aliphatic carbocycles. The van der Waals surface area contributed by atoms with Gasteiger partial charge in [0.1, 0.15) is 0 Å². The lowest BCUT2D eigenvalue weighted by Crippen LogP contribution is -2.33. The first kappa shape index (κ1) is 14.4. The van der Waals surface area contributed by atoms with Crippen molar-refractivity contribution in [1.29, 1.82) is 0 Å². The first-order valence-electron chi connectivity index (χ1n) is 6.98. The Balaban J connectivity index is 1.85. The van der Waals surface area contributed by atoms with E-state index in [1.54, 1.807) is 0 Å². The van der Waals surface area contributed by atoms with Gasteiger partial charge in [-0.15, -0.1) is 0 Å². The van der Waals surface area contributed by atoms with Crippen LogP contribution in [0.25, 0.3) is 0 Å². The van der Waals surface area contributed by atoms with Crippen LogP contribution in [0, 0.1) is 5.92 Å². The van der Waals surface area contributed by atoms with E-state index in [-0.39, 0.29) is 0 Å². The molecule has 1 fully saturated rings. The van der Waals surface area contributed by atoms with Crippen molar-refractivity contribution in [1.82, 2.24) is 5.32 Å². The Morgan fingerprint density at radius 3 is 2.95 bits per heavy atom. The molecule has 0 bridgehead atoms. The first-order chi connectivity index (χ1) is 9.17. The number of halogens is 1. The Bertz CT molecular complexity index is 441. The molecule has 104 valence electrons. The number of nitrogens with zero attached hydrogens (tertiary/aromatic N) is 1. The summed E-state index contributed by atoms with van der Waals surface area (Å²) in [7, 11) is 0. The normalized spacial score (nSPS) is 17.3. The molecule has 1 saturated carbocycles. The van der Waals surface area contributed by atoms with E-state index in [4.69, 9.17) is 5.73 Å². The van der Waals surface area contributed by atoms with Crippen molar-refractivity contribution >= 4 is 21.9 Å². The zero-order valence-corrected chi connectivity index (χ0v) is 13.0. The zero-order chi connectivity index (χ0) is 13.7. The average molecular weight is 324 g/mol. The van der Waals surface area contributed by atoms with Crippen molar-refractivity contribution in [3.8, 4) is 0 Å². The van der Waals surface area contributed by atoms with E-state index < -0.39 is 0 Å². The van der Waals surface area contributed by atoms with E-state index in [1.807, 2.05) is 0 Å². The summed E-state index contributed by atoms with van der Waals surface area (Å²) in [6.07, 6.45) is 4.62. The van der Waals surface area contributed by atoms with Gasteiger partial charge in [-0.05, 0) is 42.9 Å². The molecule has 1 aliphatic rings. The quantitative estimate of drug-likeness (QED) is 0.624. The van der Waals surface area contributed by atoms with Gasteiger partial charge in [-0.2, -0.15) is 0 Å². The minimum Gasteiger partial charge on any atom is -0.370 e. The molecule has 19 heavy (non-hydrogen) atoms. The topological polar surface area (TPSA) is 50.4 Å². The van der Waals surface area contributed by atoms with Crippen LogP contribution in [0.4, 0.5) is 0 Å². The molecule has 0 aliphatic heterocycles.